The van der Waals surface area contributed by atoms with Gasteiger partial charge >= 0.3 is 12.1 Å². The van der Waals surface area contributed by atoms with E-state index in [0.717, 1.165) is 10.0 Å². The summed E-state index contributed by atoms with van der Waals surface area (Å²) < 4.78 is 6.31. The molecule has 1 aromatic rings. The molecule has 0 aromatic heterocycles. The Morgan fingerprint density at radius 2 is 2.12 bits per heavy atom. The van der Waals surface area contributed by atoms with Gasteiger partial charge in [0.25, 0.3) is 0 Å². The minimum absolute atomic E-state index is 0.0611. The van der Waals surface area contributed by atoms with Gasteiger partial charge in [0, 0.05) is 17.6 Å². The molecule has 1 heterocycles. The summed E-state index contributed by atoms with van der Waals surface area (Å²) in [4.78, 5) is 25.5. The third-order valence-corrected chi connectivity index (χ3v) is 4.60. The van der Waals surface area contributed by atoms with Crippen LogP contribution in [0.15, 0.2) is 28.7 Å². The van der Waals surface area contributed by atoms with Crippen molar-refractivity contribution >= 4 is 28.0 Å². The molecule has 132 valence electrons. The fraction of sp³-hybridized carbons (Fsp3) is 0.556. The molecule has 5 nitrogen and oxygen atoms in total. The Kier molecular flexibility index (Phi) is 5.91. The van der Waals surface area contributed by atoms with Crippen molar-refractivity contribution in [3.63, 3.8) is 0 Å². The molecule has 0 saturated carbocycles. The summed E-state index contributed by atoms with van der Waals surface area (Å²) in [6.45, 7) is 6.45. The molecule has 24 heavy (non-hydrogen) atoms. The van der Waals surface area contributed by atoms with Gasteiger partial charge in [-0.1, -0.05) is 28.1 Å². The molecule has 0 aliphatic carbocycles. The second-order valence-corrected chi connectivity index (χ2v) is 8.17. The number of carbonyl (C=O) groups is 2. The van der Waals surface area contributed by atoms with Gasteiger partial charge in [-0.05, 0) is 57.2 Å². The Balaban J connectivity index is 2.02. The van der Waals surface area contributed by atoms with Crippen molar-refractivity contribution in [1.82, 2.24) is 4.90 Å². The van der Waals surface area contributed by atoms with Gasteiger partial charge in [-0.25, -0.2) is 4.79 Å². The Morgan fingerprint density at radius 3 is 2.71 bits per heavy atom. The highest BCUT2D eigenvalue weighted by atomic mass is 79.9. The quantitative estimate of drug-likeness (QED) is 0.834. The number of ether oxygens (including phenoxy) is 1. The van der Waals surface area contributed by atoms with E-state index in [9.17, 15) is 14.7 Å². The lowest BCUT2D eigenvalue weighted by molar-refractivity contribution is -0.143. The molecule has 0 unspecified atom stereocenters. The van der Waals surface area contributed by atoms with Crippen LogP contribution < -0.4 is 0 Å². The van der Waals surface area contributed by atoms with Crippen molar-refractivity contribution in [2.24, 2.45) is 11.8 Å². The number of hydrogen-bond donors (Lipinski definition) is 1. The van der Waals surface area contributed by atoms with Crippen molar-refractivity contribution in [2.45, 2.75) is 39.2 Å². The number of amides is 1. The summed E-state index contributed by atoms with van der Waals surface area (Å²) in [5, 5.41) is 9.63. The second kappa shape index (κ2) is 7.55. The first-order valence-electron chi connectivity index (χ1n) is 8.11. The molecule has 1 aromatic carbocycles. The third-order valence-electron chi connectivity index (χ3n) is 4.11. The molecule has 2 atom stereocenters. The van der Waals surface area contributed by atoms with Crippen LogP contribution in [-0.4, -0.2) is 40.8 Å². The van der Waals surface area contributed by atoms with Gasteiger partial charge < -0.3 is 14.7 Å². The zero-order chi connectivity index (χ0) is 17.9. The maximum Gasteiger partial charge on any atom is 0.410 e. The summed E-state index contributed by atoms with van der Waals surface area (Å²) in [6, 6.07) is 7.69. The van der Waals surface area contributed by atoms with E-state index in [1.54, 1.807) is 4.90 Å². The monoisotopic (exact) mass is 397 g/mol. The van der Waals surface area contributed by atoms with Crippen LogP contribution in [0.4, 0.5) is 4.79 Å². The molecule has 1 aliphatic heterocycles. The van der Waals surface area contributed by atoms with Crippen molar-refractivity contribution in [3.05, 3.63) is 34.3 Å². The lowest BCUT2D eigenvalue weighted by atomic mass is 9.86. The number of aliphatic carboxylic acids is 1. The molecule has 0 bridgehead atoms. The van der Waals surface area contributed by atoms with Crippen LogP contribution in [0.25, 0.3) is 0 Å². The number of hydrogen-bond acceptors (Lipinski definition) is 3. The maximum absolute atomic E-state index is 12.2. The first-order chi connectivity index (χ1) is 11.2. The van der Waals surface area contributed by atoms with E-state index in [2.05, 4.69) is 15.9 Å². The predicted octanol–water partition coefficient (Wildman–Crippen LogP) is 3.95. The van der Waals surface area contributed by atoms with Gasteiger partial charge in [-0.3, -0.25) is 4.79 Å². The van der Waals surface area contributed by atoms with Crippen LogP contribution in [0.5, 0.6) is 0 Å². The van der Waals surface area contributed by atoms with E-state index in [4.69, 9.17) is 4.74 Å². The van der Waals surface area contributed by atoms with Crippen molar-refractivity contribution in [1.29, 1.82) is 0 Å². The first-order valence-corrected chi connectivity index (χ1v) is 8.90. The molecule has 1 amide bonds. The van der Waals surface area contributed by atoms with Gasteiger partial charge in [0.05, 0.1) is 5.92 Å². The van der Waals surface area contributed by atoms with E-state index < -0.39 is 17.5 Å². The fourth-order valence-corrected chi connectivity index (χ4v) is 3.43. The van der Waals surface area contributed by atoms with Crippen molar-refractivity contribution in [3.8, 4) is 0 Å². The largest absolute Gasteiger partial charge is 0.481 e. The van der Waals surface area contributed by atoms with Crippen LogP contribution >= 0.6 is 15.9 Å². The Morgan fingerprint density at radius 1 is 1.42 bits per heavy atom. The molecule has 0 spiro atoms. The highest BCUT2D eigenvalue weighted by Gasteiger charge is 2.37. The van der Waals surface area contributed by atoms with Crippen LogP contribution in [0, 0.1) is 11.8 Å². The van der Waals surface area contributed by atoms with Gasteiger partial charge in [-0.15, -0.1) is 0 Å². The van der Waals surface area contributed by atoms with Crippen LogP contribution in [0.2, 0.25) is 0 Å². The van der Waals surface area contributed by atoms with Gasteiger partial charge in [-0.2, -0.15) is 0 Å². The van der Waals surface area contributed by atoms with E-state index in [1.807, 2.05) is 45.0 Å². The number of carboxylic acids is 1. The third kappa shape index (κ3) is 5.23. The molecular weight excluding hydrogens is 374 g/mol. The maximum atomic E-state index is 12.2. The minimum Gasteiger partial charge on any atom is -0.481 e. The highest BCUT2D eigenvalue weighted by molar-refractivity contribution is 9.10. The molecule has 2 rings (SSSR count). The fourth-order valence-electron chi connectivity index (χ4n) is 2.98. The molecule has 1 fully saturated rings. The Bertz CT molecular complexity index is 611. The predicted molar refractivity (Wildman–Crippen MR) is 94.9 cm³/mol. The summed E-state index contributed by atoms with van der Waals surface area (Å²) in [5.41, 5.74) is 0.435. The number of nitrogens with zero attached hydrogens (tertiary/aromatic N) is 1. The van der Waals surface area contributed by atoms with Crippen molar-refractivity contribution in [2.75, 3.05) is 13.1 Å². The average molecular weight is 398 g/mol. The number of rotatable bonds is 4. The summed E-state index contributed by atoms with van der Waals surface area (Å²) >= 11 is 3.41. The van der Waals surface area contributed by atoms with E-state index >= 15 is 0 Å². The highest BCUT2D eigenvalue weighted by Crippen LogP contribution is 2.29. The topological polar surface area (TPSA) is 66.8 Å². The number of carbonyl (C=O) groups excluding carboxylic acids is 1. The summed E-state index contributed by atoms with van der Waals surface area (Å²) in [7, 11) is 0. The molecule has 0 radical (unpaired) electrons. The van der Waals surface area contributed by atoms with E-state index in [1.165, 1.54) is 0 Å². The molecule has 1 aliphatic rings. The van der Waals surface area contributed by atoms with Gasteiger partial charge in [0.15, 0.2) is 0 Å². The zero-order valence-electron chi connectivity index (χ0n) is 14.3. The van der Waals surface area contributed by atoms with Gasteiger partial charge in [0.1, 0.15) is 5.60 Å². The average Bonchev–Trinajstić information content (AvgIpc) is 2.92. The zero-order valence-corrected chi connectivity index (χ0v) is 15.9. The summed E-state index contributed by atoms with van der Waals surface area (Å²) in [6.07, 6.45) is 0.780. The standard InChI is InChI=1S/C18H24BrNO4/c1-18(2,3)24-17(23)20-8-7-13(11-20)15(16(21)22)10-12-5-4-6-14(19)9-12/h4-6,9,13,15H,7-8,10-11H2,1-3H3,(H,21,22)/t13-,15+/m1/s1. The SMILES string of the molecule is CC(C)(C)OC(=O)N1CC[C@@H]([C@H](Cc2cccc(Br)c2)C(=O)O)C1. The van der Waals surface area contributed by atoms with E-state index in [0.29, 0.717) is 25.9 Å². The second-order valence-electron chi connectivity index (χ2n) is 7.25. The van der Waals surface area contributed by atoms with Crippen LogP contribution in [0.3, 0.4) is 0 Å². The molecular formula is C18H24BrNO4. The normalized spacial score (nSPS) is 19.2. The van der Waals surface area contributed by atoms with Crippen LogP contribution in [0.1, 0.15) is 32.8 Å². The molecule has 6 heteroatoms. The lowest BCUT2D eigenvalue weighted by Gasteiger charge is -2.25. The molecule has 1 saturated heterocycles. The van der Waals surface area contributed by atoms with Crippen molar-refractivity contribution < 1.29 is 19.4 Å². The number of benzene rings is 1. The molecule has 1 N–H and O–H groups in total. The minimum atomic E-state index is -0.814. The van der Waals surface area contributed by atoms with E-state index in [-0.39, 0.29) is 12.0 Å². The number of halogens is 1. The van der Waals surface area contributed by atoms with Gasteiger partial charge in [0.2, 0.25) is 0 Å². The Labute approximate surface area is 151 Å². The smallest absolute Gasteiger partial charge is 0.410 e. The van der Waals surface area contributed by atoms with Crippen LogP contribution in [-0.2, 0) is 16.0 Å². The first kappa shape index (κ1) is 18.8. The Hall–Kier alpha value is -1.56. The number of carboxylic acid groups (broad SMARTS) is 1. The number of likely N-dealkylation sites (tertiary alicyclic amines) is 1. The summed E-state index contributed by atoms with van der Waals surface area (Å²) in [5.74, 6) is -1.38. The lowest BCUT2D eigenvalue weighted by Crippen LogP contribution is -2.36.